The van der Waals surface area contributed by atoms with Crippen molar-refractivity contribution in [2.24, 2.45) is 17.8 Å². The first-order valence-electron chi connectivity index (χ1n) is 6.76. The molecule has 1 aliphatic rings. The lowest BCUT2D eigenvalue weighted by molar-refractivity contribution is -0.128. The summed E-state index contributed by atoms with van der Waals surface area (Å²) in [5.41, 5.74) is 0. The molecule has 1 heteroatoms. The Hall–Kier alpha value is -0.330. The fraction of sp³-hybridized carbons (Fsp3) is 0.929. The third-order valence-electron chi connectivity index (χ3n) is 4.15. The highest BCUT2D eigenvalue weighted by atomic mass is 16.1. The Labute approximate surface area is 94.6 Å². The number of hydrogen-bond donors (Lipinski definition) is 0. The Morgan fingerprint density at radius 3 is 2.40 bits per heavy atom. The van der Waals surface area contributed by atoms with Crippen LogP contribution < -0.4 is 0 Å². The number of rotatable bonds is 5. The molecule has 0 aromatic carbocycles. The van der Waals surface area contributed by atoms with Crippen LogP contribution in [0.15, 0.2) is 0 Å². The van der Waals surface area contributed by atoms with Crippen molar-refractivity contribution in [1.29, 1.82) is 0 Å². The average Bonchev–Trinajstić information content (AvgIpc) is 2.30. The normalized spacial score (nSPS) is 26.9. The highest BCUT2D eigenvalue weighted by Gasteiger charge is 2.29. The maximum atomic E-state index is 12.2. The van der Waals surface area contributed by atoms with E-state index in [4.69, 9.17) is 0 Å². The van der Waals surface area contributed by atoms with E-state index < -0.39 is 0 Å². The molecule has 0 bridgehead atoms. The molecule has 15 heavy (non-hydrogen) atoms. The molecule has 0 radical (unpaired) electrons. The summed E-state index contributed by atoms with van der Waals surface area (Å²) < 4.78 is 0. The molecule has 88 valence electrons. The molecule has 0 amide bonds. The minimum Gasteiger partial charge on any atom is -0.299 e. The number of hydrogen-bond acceptors (Lipinski definition) is 1. The Bertz CT molecular complexity index is 194. The summed E-state index contributed by atoms with van der Waals surface area (Å²) in [6.45, 7) is 6.55. The van der Waals surface area contributed by atoms with Gasteiger partial charge in [0.25, 0.3) is 0 Å². The highest BCUT2D eigenvalue weighted by Crippen LogP contribution is 2.33. The van der Waals surface area contributed by atoms with Gasteiger partial charge in [0.1, 0.15) is 5.78 Å². The van der Waals surface area contributed by atoms with Gasteiger partial charge in [-0.15, -0.1) is 0 Å². The number of carbonyl (C=O) groups excluding carboxylic acids is 1. The van der Waals surface area contributed by atoms with E-state index in [0.717, 1.165) is 25.2 Å². The van der Waals surface area contributed by atoms with Gasteiger partial charge in [0.2, 0.25) is 0 Å². The standard InChI is InChI=1S/C14H26O/c1-4-11-8-7-9-13(10-11)14(15)12(5-2)6-3/h11-13H,4-10H2,1-3H3. The summed E-state index contributed by atoms with van der Waals surface area (Å²) >= 11 is 0. The third kappa shape index (κ3) is 3.32. The van der Waals surface area contributed by atoms with Gasteiger partial charge in [0, 0.05) is 11.8 Å². The zero-order chi connectivity index (χ0) is 11.3. The Morgan fingerprint density at radius 2 is 1.87 bits per heavy atom. The van der Waals surface area contributed by atoms with Gasteiger partial charge in [0.15, 0.2) is 0 Å². The van der Waals surface area contributed by atoms with Crippen LogP contribution in [-0.2, 0) is 4.79 Å². The van der Waals surface area contributed by atoms with Gasteiger partial charge < -0.3 is 0 Å². The molecular formula is C14H26O. The first kappa shape index (κ1) is 12.7. The molecule has 1 saturated carbocycles. The fourth-order valence-electron chi connectivity index (χ4n) is 2.94. The predicted octanol–water partition coefficient (Wildman–Crippen LogP) is 4.21. The summed E-state index contributed by atoms with van der Waals surface area (Å²) in [4.78, 5) is 12.2. The van der Waals surface area contributed by atoms with Crippen molar-refractivity contribution in [2.45, 2.75) is 65.7 Å². The van der Waals surface area contributed by atoms with E-state index in [-0.39, 0.29) is 0 Å². The van der Waals surface area contributed by atoms with E-state index >= 15 is 0 Å². The summed E-state index contributed by atoms with van der Waals surface area (Å²) in [6, 6.07) is 0. The largest absolute Gasteiger partial charge is 0.299 e. The fourth-order valence-corrected chi connectivity index (χ4v) is 2.94. The van der Waals surface area contributed by atoms with Crippen molar-refractivity contribution in [3.63, 3.8) is 0 Å². The molecule has 1 aliphatic carbocycles. The van der Waals surface area contributed by atoms with Crippen LogP contribution in [0.5, 0.6) is 0 Å². The van der Waals surface area contributed by atoms with Crippen molar-refractivity contribution in [3.05, 3.63) is 0 Å². The molecule has 0 aromatic rings. The topological polar surface area (TPSA) is 17.1 Å². The molecule has 0 aliphatic heterocycles. The summed E-state index contributed by atoms with van der Waals surface area (Å²) in [6.07, 6.45) is 8.27. The lowest BCUT2D eigenvalue weighted by Crippen LogP contribution is -2.27. The first-order valence-corrected chi connectivity index (χ1v) is 6.76. The zero-order valence-corrected chi connectivity index (χ0v) is 10.6. The molecule has 1 nitrogen and oxygen atoms in total. The van der Waals surface area contributed by atoms with Gasteiger partial charge in [-0.3, -0.25) is 4.79 Å². The molecule has 0 N–H and O–H groups in total. The van der Waals surface area contributed by atoms with E-state index in [1.54, 1.807) is 0 Å². The minimum atomic E-state index is 0.339. The molecule has 1 fully saturated rings. The maximum Gasteiger partial charge on any atom is 0.139 e. The lowest BCUT2D eigenvalue weighted by Gasteiger charge is -2.29. The molecule has 2 atom stereocenters. The predicted molar refractivity (Wildman–Crippen MR) is 64.8 cm³/mol. The lowest BCUT2D eigenvalue weighted by atomic mass is 9.75. The summed E-state index contributed by atoms with van der Waals surface area (Å²) in [5.74, 6) is 2.12. The Kier molecular flexibility index (Phi) is 5.35. The van der Waals surface area contributed by atoms with Gasteiger partial charge >= 0.3 is 0 Å². The van der Waals surface area contributed by atoms with Crippen molar-refractivity contribution in [2.75, 3.05) is 0 Å². The monoisotopic (exact) mass is 210 g/mol. The van der Waals surface area contributed by atoms with Gasteiger partial charge in [0.05, 0.1) is 0 Å². The van der Waals surface area contributed by atoms with Crippen LogP contribution in [0.25, 0.3) is 0 Å². The minimum absolute atomic E-state index is 0.339. The van der Waals surface area contributed by atoms with Crippen LogP contribution in [0, 0.1) is 17.8 Å². The second-order valence-electron chi connectivity index (χ2n) is 5.05. The molecule has 1 rings (SSSR count). The number of ketones is 1. The van der Waals surface area contributed by atoms with E-state index in [9.17, 15) is 4.79 Å². The molecule has 2 unspecified atom stereocenters. The first-order chi connectivity index (χ1) is 7.22. The quantitative estimate of drug-likeness (QED) is 0.664. The van der Waals surface area contributed by atoms with Crippen LogP contribution in [0.4, 0.5) is 0 Å². The highest BCUT2D eigenvalue weighted by molar-refractivity contribution is 5.83. The van der Waals surface area contributed by atoms with Crippen LogP contribution >= 0.6 is 0 Å². The number of Topliss-reactive ketones (excluding diaryl/α,β-unsaturated/α-hetero) is 1. The van der Waals surface area contributed by atoms with Gasteiger partial charge in [-0.1, -0.05) is 40.0 Å². The molecule has 0 saturated heterocycles. The molecule has 0 spiro atoms. The van der Waals surface area contributed by atoms with E-state index in [1.807, 2.05) is 0 Å². The molecule has 0 aromatic heterocycles. The third-order valence-corrected chi connectivity index (χ3v) is 4.15. The van der Waals surface area contributed by atoms with Crippen LogP contribution in [-0.4, -0.2) is 5.78 Å². The van der Waals surface area contributed by atoms with Crippen molar-refractivity contribution in [1.82, 2.24) is 0 Å². The average molecular weight is 210 g/mol. The summed E-state index contributed by atoms with van der Waals surface area (Å²) in [7, 11) is 0. The van der Waals surface area contributed by atoms with Crippen molar-refractivity contribution < 1.29 is 4.79 Å². The van der Waals surface area contributed by atoms with Crippen LogP contribution in [0.2, 0.25) is 0 Å². The Morgan fingerprint density at radius 1 is 1.20 bits per heavy atom. The van der Waals surface area contributed by atoms with Crippen molar-refractivity contribution in [3.8, 4) is 0 Å². The van der Waals surface area contributed by atoms with E-state index in [2.05, 4.69) is 20.8 Å². The Balaban J connectivity index is 2.51. The van der Waals surface area contributed by atoms with Gasteiger partial charge in [-0.2, -0.15) is 0 Å². The second-order valence-corrected chi connectivity index (χ2v) is 5.05. The van der Waals surface area contributed by atoms with E-state index in [0.29, 0.717) is 17.6 Å². The molecular weight excluding hydrogens is 184 g/mol. The zero-order valence-electron chi connectivity index (χ0n) is 10.6. The van der Waals surface area contributed by atoms with Crippen LogP contribution in [0.1, 0.15) is 65.7 Å². The SMILES string of the molecule is CCC1CCCC(C(=O)C(CC)CC)C1. The number of carbonyl (C=O) groups is 1. The van der Waals surface area contributed by atoms with Crippen molar-refractivity contribution >= 4 is 5.78 Å². The smallest absolute Gasteiger partial charge is 0.139 e. The van der Waals surface area contributed by atoms with Crippen LogP contribution in [0.3, 0.4) is 0 Å². The summed E-state index contributed by atoms with van der Waals surface area (Å²) in [5, 5.41) is 0. The van der Waals surface area contributed by atoms with Gasteiger partial charge in [-0.05, 0) is 31.6 Å². The maximum absolute atomic E-state index is 12.2. The second kappa shape index (κ2) is 6.30. The van der Waals surface area contributed by atoms with Gasteiger partial charge in [-0.25, -0.2) is 0 Å². The van der Waals surface area contributed by atoms with E-state index in [1.165, 1.54) is 25.7 Å². The molecule has 0 heterocycles.